The highest BCUT2D eigenvalue weighted by atomic mass is 32.2. The van der Waals surface area contributed by atoms with Gasteiger partial charge in [0.05, 0.1) is 10.5 Å². The minimum atomic E-state index is -4.04. The van der Waals surface area contributed by atoms with Crippen molar-refractivity contribution < 1.29 is 21.4 Å². The van der Waals surface area contributed by atoms with E-state index in [-0.39, 0.29) is 13.0 Å². The Morgan fingerprint density at radius 2 is 1.82 bits per heavy atom. The van der Waals surface area contributed by atoms with E-state index in [4.69, 9.17) is 4.55 Å². The molecule has 3 atom stereocenters. The molecule has 1 fully saturated rings. The van der Waals surface area contributed by atoms with Gasteiger partial charge in [-0.2, -0.15) is 8.42 Å². The lowest BCUT2D eigenvalue weighted by molar-refractivity contribution is 0.288. The Morgan fingerprint density at radius 1 is 1.18 bits per heavy atom. The Hall–Kier alpha value is -0.180. The van der Waals surface area contributed by atoms with Gasteiger partial charge in [-0.15, -0.1) is 0 Å². The molecule has 0 saturated heterocycles. The second kappa shape index (κ2) is 7.59. The molecule has 6 nitrogen and oxygen atoms in total. The minimum absolute atomic E-state index is 0.0303. The summed E-state index contributed by atoms with van der Waals surface area (Å²) in [6.07, 6.45) is 4.27. The summed E-state index contributed by atoms with van der Waals surface area (Å²) in [7, 11) is -7.56. The molecule has 8 heteroatoms. The smallest absolute Gasteiger partial charge is 0.264 e. The molecule has 1 rings (SSSR count). The predicted octanol–water partition coefficient (Wildman–Crippen LogP) is 2.18. The first-order valence-corrected chi connectivity index (χ1v) is 11.0. The van der Waals surface area contributed by atoms with Gasteiger partial charge < -0.3 is 0 Å². The van der Waals surface area contributed by atoms with E-state index >= 15 is 0 Å². The third-order valence-corrected chi connectivity index (χ3v) is 7.56. The molecule has 2 unspecified atom stereocenters. The van der Waals surface area contributed by atoms with E-state index in [9.17, 15) is 16.8 Å². The van der Waals surface area contributed by atoms with Crippen LogP contribution in [0.15, 0.2) is 0 Å². The number of hydrogen-bond donors (Lipinski definition) is 2. The monoisotopic (exact) mass is 355 g/mol. The van der Waals surface area contributed by atoms with Crippen molar-refractivity contribution in [2.75, 3.05) is 12.3 Å². The summed E-state index contributed by atoms with van der Waals surface area (Å²) < 4.78 is 56.9. The van der Waals surface area contributed by atoms with E-state index in [0.29, 0.717) is 24.7 Å². The zero-order valence-corrected chi connectivity index (χ0v) is 15.3. The van der Waals surface area contributed by atoms with E-state index in [2.05, 4.69) is 18.6 Å². The second-order valence-electron chi connectivity index (χ2n) is 7.03. The fourth-order valence-corrected chi connectivity index (χ4v) is 5.62. The topological polar surface area (TPSA) is 101 Å². The molecule has 1 aliphatic carbocycles. The van der Waals surface area contributed by atoms with Crippen LogP contribution in [0, 0.1) is 11.8 Å². The van der Waals surface area contributed by atoms with Crippen molar-refractivity contribution in [3.63, 3.8) is 0 Å². The molecule has 22 heavy (non-hydrogen) atoms. The summed E-state index contributed by atoms with van der Waals surface area (Å²) in [4.78, 5) is 0. The van der Waals surface area contributed by atoms with E-state index < -0.39 is 30.6 Å². The molecule has 0 amide bonds. The lowest BCUT2D eigenvalue weighted by Gasteiger charge is -2.35. The first kappa shape index (κ1) is 19.9. The number of sulfonamides is 1. The van der Waals surface area contributed by atoms with Crippen molar-refractivity contribution in [1.29, 1.82) is 0 Å². The Morgan fingerprint density at radius 3 is 2.41 bits per heavy atom. The van der Waals surface area contributed by atoms with E-state index in [0.717, 1.165) is 19.3 Å². The van der Waals surface area contributed by atoms with Crippen LogP contribution in [0.2, 0.25) is 0 Å². The maximum Gasteiger partial charge on any atom is 0.264 e. The third-order valence-electron chi connectivity index (χ3n) is 4.51. The first-order valence-electron chi connectivity index (χ1n) is 7.89. The molecule has 0 bridgehead atoms. The van der Waals surface area contributed by atoms with Gasteiger partial charge in [-0.3, -0.25) is 4.55 Å². The van der Waals surface area contributed by atoms with Gasteiger partial charge in [0.1, 0.15) is 0 Å². The zero-order valence-electron chi connectivity index (χ0n) is 13.7. The van der Waals surface area contributed by atoms with E-state index in [1.54, 1.807) is 6.92 Å². The van der Waals surface area contributed by atoms with Crippen LogP contribution in [0.25, 0.3) is 0 Å². The standard InChI is InChI=1S/C14H29NO5S2/c1-12-6-4-7-14(3,11-13(2)10-12)22(19,20)15-8-5-9-21(16,17)18/h12-13,15H,4-11H2,1-3H3,(H,16,17,18)/t12?,13-,14?/m0/s1. The Bertz CT molecular complexity index is 558. The van der Waals surface area contributed by atoms with Crippen LogP contribution in [0.3, 0.4) is 0 Å². The number of nitrogens with one attached hydrogen (secondary N) is 1. The molecule has 2 N–H and O–H groups in total. The van der Waals surface area contributed by atoms with Crippen LogP contribution in [0.1, 0.15) is 59.3 Å². The Kier molecular flexibility index (Phi) is 6.86. The second-order valence-corrected chi connectivity index (χ2v) is 10.9. The fraction of sp³-hybridized carbons (Fsp3) is 1.00. The van der Waals surface area contributed by atoms with Crippen molar-refractivity contribution in [1.82, 2.24) is 4.72 Å². The maximum atomic E-state index is 12.6. The number of rotatable bonds is 6. The van der Waals surface area contributed by atoms with Crippen molar-refractivity contribution in [3.8, 4) is 0 Å². The van der Waals surface area contributed by atoms with Gasteiger partial charge >= 0.3 is 0 Å². The minimum Gasteiger partial charge on any atom is -0.286 e. The van der Waals surface area contributed by atoms with Crippen molar-refractivity contribution >= 4 is 20.1 Å². The van der Waals surface area contributed by atoms with Crippen LogP contribution in [-0.4, -0.2) is 38.4 Å². The average Bonchev–Trinajstić information content (AvgIpc) is 2.31. The van der Waals surface area contributed by atoms with Crippen molar-refractivity contribution in [3.05, 3.63) is 0 Å². The lowest BCUT2D eigenvalue weighted by atomic mass is 9.81. The molecule has 0 aromatic rings. The highest BCUT2D eigenvalue weighted by Crippen LogP contribution is 2.36. The summed E-state index contributed by atoms with van der Waals surface area (Å²) in [6.45, 7) is 6.11. The van der Waals surface area contributed by atoms with Gasteiger partial charge in [-0.25, -0.2) is 13.1 Å². The first-order chi connectivity index (χ1) is 9.95. The van der Waals surface area contributed by atoms with Crippen LogP contribution >= 0.6 is 0 Å². The molecule has 0 spiro atoms. The quantitative estimate of drug-likeness (QED) is 0.562. The molecule has 0 heterocycles. The molecular weight excluding hydrogens is 326 g/mol. The largest absolute Gasteiger partial charge is 0.286 e. The summed E-state index contributed by atoms with van der Waals surface area (Å²) in [5, 5.41) is 0. The summed E-state index contributed by atoms with van der Waals surface area (Å²) in [6, 6.07) is 0. The van der Waals surface area contributed by atoms with Gasteiger partial charge in [-0.05, 0) is 44.4 Å². The summed E-state index contributed by atoms with van der Waals surface area (Å²) in [5.74, 6) is 0.542. The highest BCUT2D eigenvalue weighted by Gasteiger charge is 2.40. The van der Waals surface area contributed by atoms with Gasteiger partial charge in [0.2, 0.25) is 10.0 Å². The molecule has 132 valence electrons. The average molecular weight is 356 g/mol. The maximum absolute atomic E-state index is 12.6. The van der Waals surface area contributed by atoms with Gasteiger partial charge in [0.15, 0.2) is 0 Å². The zero-order chi connectivity index (χ0) is 17.0. The van der Waals surface area contributed by atoms with Gasteiger partial charge in [0, 0.05) is 6.54 Å². The SMILES string of the molecule is CC1CCCC(C)(S(=O)(=O)NCCCS(=O)(=O)O)C[C@@H](C)C1. The van der Waals surface area contributed by atoms with Gasteiger partial charge in [0.25, 0.3) is 10.1 Å². The number of hydrogen-bond acceptors (Lipinski definition) is 4. The van der Waals surface area contributed by atoms with E-state index in [1.165, 1.54) is 0 Å². The molecular formula is C14H29NO5S2. The normalized spacial score (nSPS) is 31.5. The Labute approximate surface area is 134 Å². The molecule has 0 aliphatic heterocycles. The molecule has 0 aromatic carbocycles. The Balaban J connectivity index is 2.68. The van der Waals surface area contributed by atoms with Crippen LogP contribution in [0.4, 0.5) is 0 Å². The lowest BCUT2D eigenvalue weighted by Crippen LogP contribution is -2.46. The van der Waals surface area contributed by atoms with E-state index in [1.807, 2.05) is 0 Å². The van der Waals surface area contributed by atoms with Crippen molar-refractivity contribution in [2.45, 2.75) is 64.0 Å². The molecule has 1 aliphatic rings. The molecule has 1 saturated carbocycles. The predicted molar refractivity (Wildman–Crippen MR) is 87.8 cm³/mol. The van der Waals surface area contributed by atoms with Crippen LogP contribution in [0.5, 0.6) is 0 Å². The summed E-state index contributed by atoms with van der Waals surface area (Å²) >= 11 is 0. The van der Waals surface area contributed by atoms with Crippen LogP contribution in [-0.2, 0) is 20.1 Å². The molecule has 0 radical (unpaired) electrons. The van der Waals surface area contributed by atoms with Crippen LogP contribution < -0.4 is 4.72 Å². The third kappa shape index (κ3) is 6.14. The van der Waals surface area contributed by atoms with Crippen molar-refractivity contribution in [2.24, 2.45) is 11.8 Å². The van der Waals surface area contributed by atoms with Gasteiger partial charge in [-0.1, -0.05) is 26.7 Å². The highest BCUT2D eigenvalue weighted by molar-refractivity contribution is 7.90. The fourth-order valence-electron chi connectivity index (χ4n) is 3.43. The summed E-state index contributed by atoms with van der Waals surface area (Å²) in [5.41, 5.74) is 0. The molecule has 0 aromatic heterocycles.